The SMILES string of the molecule is Cc1cc(C)c(OCC(=O)Nc2nnc(Cc3ccccc3)s2)c(C)c1. The maximum absolute atomic E-state index is 12.1. The summed E-state index contributed by atoms with van der Waals surface area (Å²) in [6, 6.07) is 14.1. The number of amides is 1. The predicted molar refractivity (Wildman–Crippen MR) is 104 cm³/mol. The smallest absolute Gasteiger partial charge is 0.264 e. The number of aromatic nitrogens is 2. The average Bonchev–Trinajstić information content (AvgIpc) is 3.01. The number of hydrogen-bond acceptors (Lipinski definition) is 5. The first-order valence-electron chi connectivity index (χ1n) is 8.38. The second-order valence-electron chi connectivity index (χ2n) is 6.23. The van der Waals surface area contributed by atoms with E-state index in [0.29, 0.717) is 11.6 Å². The molecule has 5 nitrogen and oxygen atoms in total. The lowest BCUT2D eigenvalue weighted by Gasteiger charge is -2.12. The minimum Gasteiger partial charge on any atom is -0.483 e. The van der Waals surface area contributed by atoms with Crippen molar-refractivity contribution in [3.63, 3.8) is 0 Å². The van der Waals surface area contributed by atoms with Crippen LogP contribution in [0, 0.1) is 20.8 Å². The number of hydrogen-bond donors (Lipinski definition) is 1. The van der Waals surface area contributed by atoms with Crippen LogP contribution in [-0.2, 0) is 11.2 Å². The molecule has 1 amide bonds. The number of nitrogens with one attached hydrogen (secondary N) is 1. The van der Waals surface area contributed by atoms with Crippen molar-refractivity contribution in [1.29, 1.82) is 0 Å². The van der Waals surface area contributed by atoms with Gasteiger partial charge in [-0.3, -0.25) is 10.1 Å². The van der Waals surface area contributed by atoms with E-state index < -0.39 is 0 Å². The van der Waals surface area contributed by atoms with Gasteiger partial charge in [-0.15, -0.1) is 10.2 Å². The second kappa shape index (κ2) is 8.10. The molecule has 1 aromatic heterocycles. The molecule has 0 aliphatic heterocycles. The molecule has 0 aliphatic carbocycles. The molecule has 3 aromatic rings. The first-order chi connectivity index (χ1) is 12.5. The van der Waals surface area contributed by atoms with Gasteiger partial charge < -0.3 is 4.74 Å². The van der Waals surface area contributed by atoms with Crippen molar-refractivity contribution >= 4 is 22.4 Å². The van der Waals surface area contributed by atoms with Gasteiger partial charge in [0.15, 0.2) is 6.61 Å². The van der Waals surface area contributed by atoms with Crippen molar-refractivity contribution in [1.82, 2.24) is 10.2 Å². The Hall–Kier alpha value is -2.73. The first kappa shape index (κ1) is 18.1. The molecule has 134 valence electrons. The Morgan fingerprint density at radius 3 is 2.46 bits per heavy atom. The summed E-state index contributed by atoms with van der Waals surface area (Å²) in [6.45, 7) is 5.94. The highest BCUT2D eigenvalue weighted by molar-refractivity contribution is 7.15. The van der Waals surface area contributed by atoms with E-state index >= 15 is 0 Å². The van der Waals surface area contributed by atoms with Crippen molar-refractivity contribution in [2.24, 2.45) is 0 Å². The molecule has 0 spiro atoms. The number of rotatable bonds is 6. The van der Waals surface area contributed by atoms with Crippen molar-refractivity contribution in [3.05, 3.63) is 69.7 Å². The Kier molecular flexibility index (Phi) is 5.63. The lowest BCUT2D eigenvalue weighted by Crippen LogP contribution is -2.20. The number of carbonyl (C=O) groups excluding carboxylic acids is 1. The van der Waals surface area contributed by atoms with Crippen LogP contribution < -0.4 is 10.1 Å². The van der Waals surface area contributed by atoms with Gasteiger partial charge in [-0.1, -0.05) is 59.4 Å². The van der Waals surface area contributed by atoms with Crippen LogP contribution in [0.15, 0.2) is 42.5 Å². The van der Waals surface area contributed by atoms with Crippen LogP contribution >= 0.6 is 11.3 Å². The zero-order valence-electron chi connectivity index (χ0n) is 15.1. The number of aryl methyl sites for hydroxylation is 3. The van der Waals surface area contributed by atoms with E-state index in [1.165, 1.54) is 16.9 Å². The molecule has 6 heteroatoms. The lowest BCUT2D eigenvalue weighted by molar-refractivity contribution is -0.118. The van der Waals surface area contributed by atoms with Crippen molar-refractivity contribution in [2.45, 2.75) is 27.2 Å². The quantitative estimate of drug-likeness (QED) is 0.713. The van der Waals surface area contributed by atoms with Crippen LogP contribution in [0.2, 0.25) is 0 Å². The summed E-state index contributed by atoms with van der Waals surface area (Å²) in [6.07, 6.45) is 0.701. The minimum atomic E-state index is -0.244. The number of benzene rings is 2. The second-order valence-corrected chi connectivity index (χ2v) is 7.29. The van der Waals surface area contributed by atoms with E-state index in [-0.39, 0.29) is 12.5 Å². The van der Waals surface area contributed by atoms with Crippen LogP contribution in [0.25, 0.3) is 0 Å². The van der Waals surface area contributed by atoms with E-state index in [1.807, 2.05) is 63.2 Å². The standard InChI is InChI=1S/C20H21N3O2S/c1-13-9-14(2)19(15(3)10-13)25-12-17(24)21-20-23-22-18(26-20)11-16-7-5-4-6-8-16/h4-10H,11-12H2,1-3H3,(H,21,23,24). The van der Waals surface area contributed by atoms with E-state index in [2.05, 4.69) is 15.5 Å². The number of ether oxygens (including phenoxy) is 1. The molecule has 3 rings (SSSR count). The van der Waals surface area contributed by atoms with Gasteiger partial charge in [0, 0.05) is 6.42 Å². The van der Waals surface area contributed by atoms with Crippen LogP contribution in [0.1, 0.15) is 27.3 Å². The molecule has 26 heavy (non-hydrogen) atoms. The van der Waals surface area contributed by atoms with Crippen molar-refractivity contribution < 1.29 is 9.53 Å². The van der Waals surface area contributed by atoms with E-state index in [4.69, 9.17) is 4.74 Å². The first-order valence-corrected chi connectivity index (χ1v) is 9.19. The zero-order valence-corrected chi connectivity index (χ0v) is 15.9. The Labute approximate surface area is 157 Å². The zero-order chi connectivity index (χ0) is 18.5. The van der Waals surface area contributed by atoms with Crippen LogP contribution in [0.5, 0.6) is 5.75 Å². The molecule has 0 bridgehead atoms. The third kappa shape index (κ3) is 4.67. The number of nitrogens with zero attached hydrogens (tertiary/aromatic N) is 2. The van der Waals surface area contributed by atoms with Crippen LogP contribution in [0.4, 0.5) is 5.13 Å². The monoisotopic (exact) mass is 367 g/mol. The number of carbonyl (C=O) groups is 1. The molecule has 1 N–H and O–H groups in total. The molecule has 0 saturated carbocycles. The van der Waals surface area contributed by atoms with Gasteiger partial charge in [-0.05, 0) is 37.5 Å². The van der Waals surface area contributed by atoms with E-state index in [9.17, 15) is 4.79 Å². The fraction of sp³-hybridized carbons (Fsp3) is 0.250. The Bertz CT molecular complexity index is 883. The Morgan fingerprint density at radius 1 is 1.08 bits per heavy atom. The molecule has 0 atom stereocenters. The summed E-state index contributed by atoms with van der Waals surface area (Å²) >= 11 is 1.38. The highest BCUT2D eigenvalue weighted by Gasteiger charge is 2.11. The van der Waals surface area contributed by atoms with Crippen molar-refractivity contribution in [2.75, 3.05) is 11.9 Å². The highest BCUT2D eigenvalue weighted by atomic mass is 32.1. The molecule has 1 heterocycles. The molecular weight excluding hydrogens is 346 g/mol. The number of anilines is 1. The average molecular weight is 367 g/mol. The topological polar surface area (TPSA) is 64.1 Å². The van der Waals surface area contributed by atoms with E-state index in [0.717, 1.165) is 27.4 Å². The highest BCUT2D eigenvalue weighted by Crippen LogP contribution is 2.24. The van der Waals surface area contributed by atoms with Gasteiger partial charge in [0.2, 0.25) is 5.13 Å². The molecule has 0 radical (unpaired) electrons. The maximum Gasteiger partial charge on any atom is 0.264 e. The van der Waals surface area contributed by atoms with Gasteiger partial charge in [-0.2, -0.15) is 0 Å². The summed E-state index contributed by atoms with van der Waals surface area (Å²) in [5, 5.41) is 12.3. The molecule has 0 unspecified atom stereocenters. The fourth-order valence-corrected chi connectivity index (χ4v) is 3.62. The van der Waals surface area contributed by atoms with Gasteiger partial charge in [0.25, 0.3) is 5.91 Å². The third-order valence-electron chi connectivity index (χ3n) is 3.86. The summed E-state index contributed by atoms with van der Waals surface area (Å²) in [5.74, 6) is 0.513. The summed E-state index contributed by atoms with van der Waals surface area (Å²) in [7, 11) is 0. The molecular formula is C20H21N3O2S. The molecule has 0 saturated heterocycles. The maximum atomic E-state index is 12.1. The van der Waals surface area contributed by atoms with E-state index in [1.54, 1.807) is 0 Å². The largest absolute Gasteiger partial charge is 0.483 e. The lowest BCUT2D eigenvalue weighted by atomic mass is 10.1. The fourth-order valence-electron chi connectivity index (χ4n) is 2.83. The van der Waals surface area contributed by atoms with Gasteiger partial charge in [0.05, 0.1) is 0 Å². The van der Waals surface area contributed by atoms with Gasteiger partial charge in [0.1, 0.15) is 10.8 Å². The minimum absolute atomic E-state index is 0.0572. The van der Waals surface area contributed by atoms with Crippen LogP contribution in [0.3, 0.4) is 0 Å². The summed E-state index contributed by atoms with van der Waals surface area (Å²) in [4.78, 5) is 12.1. The normalized spacial score (nSPS) is 10.6. The Balaban J connectivity index is 1.56. The third-order valence-corrected chi connectivity index (χ3v) is 4.70. The summed E-state index contributed by atoms with van der Waals surface area (Å²) in [5.41, 5.74) is 4.39. The molecule has 0 fully saturated rings. The molecule has 0 aliphatic rings. The summed E-state index contributed by atoms with van der Waals surface area (Å²) < 4.78 is 5.70. The van der Waals surface area contributed by atoms with Crippen LogP contribution in [-0.4, -0.2) is 22.7 Å². The van der Waals surface area contributed by atoms with Gasteiger partial charge >= 0.3 is 0 Å². The molecule has 2 aromatic carbocycles. The predicted octanol–water partition coefficient (Wildman–Crippen LogP) is 4.07. The van der Waals surface area contributed by atoms with Gasteiger partial charge in [-0.25, -0.2) is 0 Å². The Morgan fingerprint density at radius 2 is 1.77 bits per heavy atom. The van der Waals surface area contributed by atoms with Crippen molar-refractivity contribution in [3.8, 4) is 5.75 Å².